The molecule has 0 saturated heterocycles. The first-order valence-electron chi connectivity index (χ1n) is 31.4. The van der Waals surface area contributed by atoms with Crippen LogP contribution in [-0.4, -0.2) is 26.7 Å². The molecule has 90 heavy (non-hydrogen) atoms. The molecule has 0 aliphatic heterocycles. The van der Waals surface area contributed by atoms with Crippen LogP contribution in [0.15, 0.2) is 267 Å². The molecule has 0 atom stereocenters. The van der Waals surface area contributed by atoms with Crippen molar-refractivity contribution in [3.8, 4) is 22.5 Å². The minimum absolute atomic E-state index is 1.15. The fourth-order valence-electron chi connectivity index (χ4n) is 18.3. The third-order valence-corrected chi connectivity index (χ3v) is 21.4. The first-order valence-corrected chi connectivity index (χ1v) is 31.4. The van der Waals surface area contributed by atoms with E-state index in [0.29, 0.717) is 0 Å². The topological polar surface area (TPSA) is 27.5 Å². The van der Waals surface area contributed by atoms with E-state index in [1.54, 1.807) is 0 Å². The highest BCUT2D eigenvalue weighted by molar-refractivity contribution is 6.43. The minimum atomic E-state index is 1.15. The van der Waals surface area contributed by atoms with Crippen molar-refractivity contribution in [2.45, 2.75) is 0 Å². The van der Waals surface area contributed by atoms with Crippen LogP contribution in [-0.2, 0) is 0 Å². The van der Waals surface area contributed by atoms with Gasteiger partial charge in [0, 0.05) is 119 Å². The number of hydrogen-bond acceptors (Lipinski definition) is 0. The maximum absolute atomic E-state index is 2.63. The highest BCUT2D eigenvalue weighted by Gasteiger charge is 2.31. The lowest BCUT2D eigenvalue weighted by molar-refractivity contribution is 1.18. The van der Waals surface area contributed by atoms with Crippen LogP contribution >= 0.6 is 0 Å². The second-order valence-electron chi connectivity index (χ2n) is 25.4. The van der Waals surface area contributed by atoms with E-state index >= 15 is 0 Å². The predicted molar refractivity (Wildman–Crippen MR) is 379 cm³/mol. The van der Waals surface area contributed by atoms with Crippen LogP contribution in [0, 0.1) is 0 Å². The summed E-state index contributed by atoms with van der Waals surface area (Å²) < 4.78 is 15.4. The van der Waals surface area contributed by atoms with Crippen LogP contribution in [0.3, 0.4) is 0 Å². The summed E-state index contributed by atoms with van der Waals surface area (Å²) in [5.74, 6) is 0. The first kappa shape index (κ1) is 45.2. The molecule has 0 spiro atoms. The number of aromatic nitrogens is 6. The van der Waals surface area contributed by atoms with Crippen molar-refractivity contribution in [1.82, 2.24) is 26.7 Å². The Hall–Kier alpha value is -12.1. The smallest absolute Gasteiger partial charge is 0.0642 e. The molecule has 10 aromatic heterocycles. The molecule has 0 bridgehead atoms. The fourth-order valence-corrected chi connectivity index (χ4v) is 18.3. The molecule has 14 aromatic carbocycles. The zero-order valence-corrected chi connectivity index (χ0v) is 48.1. The Balaban J connectivity index is 0.813. The van der Waals surface area contributed by atoms with Crippen molar-refractivity contribution >= 4 is 196 Å². The largest absolute Gasteiger partial charge is 0.309 e. The molecule has 0 aliphatic rings. The lowest BCUT2D eigenvalue weighted by Crippen LogP contribution is -1.93. The molecule has 410 valence electrons. The Morgan fingerprint density at radius 2 is 0.556 bits per heavy atom. The Morgan fingerprint density at radius 1 is 0.167 bits per heavy atom. The van der Waals surface area contributed by atoms with Gasteiger partial charge in [0.2, 0.25) is 0 Å². The third kappa shape index (κ3) is 4.96. The van der Waals surface area contributed by atoms with Gasteiger partial charge in [-0.15, -0.1) is 0 Å². The Morgan fingerprint density at radius 3 is 1.22 bits per heavy atom. The van der Waals surface area contributed by atoms with Crippen LogP contribution < -0.4 is 0 Å². The van der Waals surface area contributed by atoms with E-state index < -0.39 is 0 Å². The zero-order chi connectivity index (χ0) is 57.7. The van der Waals surface area contributed by atoms with Crippen molar-refractivity contribution < 1.29 is 0 Å². The Labute approximate surface area is 509 Å². The third-order valence-electron chi connectivity index (χ3n) is 21.4. The van der Waals surface area contributed by atoms with E-state index in [2.05, 4.69) is 294 Å². The van der Waals surface area contributed by atoms with E-state index in [1.165, 1.54) is 207 Å². The van der Waals surface area contributed by atoms with Gasteiger partial charge < -0.3 is 26.7 Å². The average molecular weight is 1140 g/mol. The molecular weight excluding hydrogens is 1090 g/mol. The molecule has 0 fully saturated rings. The van der Waals surface area contributed by atoms with Crippen molar-refractivity contribution in [3.05, 3.63) is 267 Å². The molecule has 6 nitrogen and oxygen atoms in total. The first-order chi connectivity index (χ1) is 44.7. The summed E-state index contributed by atoms with van der Waals surface area (Å²) in [4.78, 5) is 0. The van der Waals surface area contributed by atoms with Gasteiger partial charge in [-0.2, -0.15) is 0 Å². The second kappa shape index (κ2) is 15.3. The van der Waals surface area contributed by atoms with E-state index in [9.17, 15) is 0 Å². The molecule has 0 radical (unpaired) electrons. The van der Waals surface area contributed by atoms with Gasteiger partial charge in [-0.25, -0.2) is 0 Å². The molecule has 0 amide bonds. The van der Waals surface area contributed by atoms with Crippen LogP contribution in [0.5, 0.6) is 0 Å². The normalized spacial score (nSPS) is 13.1. The van der Waals surface area contributed by atoms with Gasteiger partial charge in [-0.1, -0.05) is 176 Å². The molecular formula is C84H44N6. The van der Waals surface area contributed by atoms with Crippen molar-refractivity contribution in [2.75, 3.05) is 0 Å². The summed E-state index contributed by atoms with van der Waals surface area (Å²) in [6.45, 7) is 0. The van der Waals surface area contributed by atoms with Gasteiger partial charge in [0.25, 0.3) is 0 Å². The summed E-state index contributed by atoms with van der Waals surface area (Å²) in [5, 5.41) is 25.7. The Bertz CT molecular complexity index is 7370. The molecule has 0 N–H and O–H groups in total. The van der Waals surface area contributed by atoms with Crippen LogP contribution in [0.2, 0.25) is 0 Å². The van der Waals surface area contributed by atoms with Gasteiger partial charge >= 0.3 is 0 Å². The zero-order valence-electron chi connectivity index (χ0n) is 48.1. The van der Waals surface area contributed by atoms with Gasteiger partial charge in [-0.3, -0.25) is 0 Å². The van der Waals surface area contributed by atoms with Gasteiger partial charge in [0.15, 0.2) is 0 Å². The van der Waals surface area contributed by atoms with Crippen molar-refractivity contribution in [1.29, 1.82) is 0 Å². The summed E-state index contributed by atoms with van der Waals surface area (Å²) in [5.41, 5.74) is 24.6. The lowest BCUT2D eigenvalue weighted by atomic mass is 9.96. The minimum Gasteiger partial charge on any atom is -0.309 e. The average Bonchev–Trinajstić information content (AvgIpc) is 1.51. The monoisotopic (exact) mass is 1140 g/mol. The van der Waals surface area contributed by atoms with Gasteiger partial charge in [0.1, 0.15) is 0 Å². The van der Waals surface area contributed by atoms with E-state index in [4.69, 9.17) is 0 Å². The van der Waals surface area contributed by atoms with E-state index in [-0.39, 0.29) is 0 Å². The summed E-state index contributed by atoms with van der Waals surface area (Å²) in [6.07, 6.45) is 0. The van der Waals surface area contributed by atoms with Gasteiger partial charge in [-0.05, 0) is 102 Å². The fraction of sp³-hybridized carbons (Fsp3) is 0. The molecule has 6 heteroatoms. The highest BCUT2D eigenvalue weighted by atomic mass is 15.0. The number of fused-ring (bicyclic) bond motifs is 34. The number of nitrogens with zero attached hydrogens (tertiary/aromatic N) is 6. The van der Waals surface area contributed by atoms with Crippen molar-refractivity contribution in [3.63, 3.8) is 0 Å². The lowest BCUT2D eigenvalue weighted by Gasteiger charge is -2.09. The van der Waals surface area contributed by atoms with E-state index in [0.717, 1.165) is 11.4 Å². The predicted octanol–water partition coefficient (Wildman–Crippen LogP) is 22.1. The molecule has 0 unspecified atom stereocenters. The standard InChI is InChI=1S/C84H44N6/c1-3-18-46(19-4-1)85-64-33-13-9-24-53(64)75-68(85)40-37-52-60-44-71-73(77-54-25-10-14-34-65(54)90(81(52)75)84(60)77)57-30-16-28-55-72-48(26-17-35-67(72)88(71)80(55)57)45-36-39-66-61(42-45)76-69(86(66)47-20-5-2-6-21-47)41-38-58-78-74-56-29-15-27-51-49-22-7-11-31-62(49)87(79(51)56)70(74)43-59-50-23-8-12-32-63(50)89(82(58)76)83(59)78/h1-44H. The number of benzene rings is 14. The van der Waals surface area contributed by atoms with Crippen molar-refractivity contribution in [2.24, 2.45) is 0 Å². The number of rotatable bonds is 3. The summed E-state index contributed by atoms with van der Waals surface area (Å²) in [7, 11) is 0. The second-order valence-corrected chi connectivity index (χ2v) is 25.4. The number of para-hydroxylation sites is 8. The molecule has 0 saturated carbocycles. The molecule has 24 aromatic rings. The maximum Gasteiger partial charge on any atom is 0.0642 e. The maximum atomic E-state index is 2.63. The SMILES string of the molecule is c1ccc(-n2c3ccc(-c4cccc5c4c4cccc6c7c8c9ccccc9n9c8c(cc7n5c46)c4ccc5c(c6ccccc6n5-c5ccccc5)c49)cc3c3c2ccc2c4c5c6cccc7c8ccccc8n(c5cc5c8ccccc8n(c54)c23)c76)cc1. The quantitative estimate of drug-likeness (QED) is 0.169. The molecule has 0 aliphatic carbocycles. The summed E-state index contributed by atoms with van der Waals surface area (Å²) >= 11 is 0. The summed E-state index contributed by atoms with van der Waals surface area (Å²) in [6, 6.07) is 101. The molecule has 10 heterocycles. The number of hydrogen-bond donors (Lipinski definition) is 0. The van der Waals surface area contributed by atoms with Crippen LogP contribution in [0.1, 0.15) is 0 Å². The highest BCUT2D eigenvalue weighted by Crippen LogP contribution is 2.54. The van der Waals surface area contributed by atoms with Crippen LogP contribution in [0.4, 0.5) is 0 Å². The van der Waals surface area contributed by atoms with E-state index in [1.807, 2.05) is 0 Å². The van der Waals surface area contributed by atoms with Gasteiger partial charge in [0.05, 0.1) is 88.3 Å². The molecule has 24 rings (SSSR count). The Kier molecular flexibility index (Phi) is 7.71. The van der Waals surface area contributed by atoms with Crippen LogP contribution in [0.25, 0.3) is 218 Å².